The number of hydrogen-bond donors (Lipinski definition) is 1. The fourth-order valence-corrected chi connectivity index (χ4v) is 4.07. The summed E-state index contributed by atoms with van der Waals surface area (Å²) in [6, 6.07) is 11.8. The molecule has 0 amide bonds. The highest BCUT2D eigenvalue weighted by Gasteiger charge is 2.34. The van der Waals surface area contributed by atoms with E-state index in [0.29, 0.717) is 5.56 Å². The van der Waals surface area contributed by atoms with Crippen molar-refractivity contribution in [3.8, 4) is 0 Å². The SMILES string of the molecule is CC(=O)[C@@H](NS(=O)(=O)c1ccc(C)cc1)[C@@H](C[N+](=O)[O-])c1ccc(C)cc1. The van der Waals surface area contributed by atoms with Crippen LogP contribution in [0.3, 0.4) is 0 Å². The first-order chi connectivity index (χ1) is 12.6. The Bertz CT molecular complexity index is 922. The molecule has 0 saturated heterocycles. The van der Waals surface area contributed by atoms with Crippen LogP contribution < -0.4 is 4.72 Å². The third-order valence-corrected chi connectivity index (χ3v) is 5.76. The lowest BCUT2D eigenvalue weighted by Crippen LogP contribution is -2.45. The molecule has 0 saturated carbocycles. The van der Waals surface area contributed by atoms with Gasteiger partial charge in [-0.05, 0) is 38.5 Å². The van der Waals surface area contributed by atoms with Gasteiger partial charge in [-0.15, -0.1) is 0 Å². The second-order valence-electron chi connectivity index (χ2n) is 6.56. The summed E-state index contributed by atoms with van der Waals surface area (Å²) in [5, 5.41) is 11.2. The zero-order valence-electron chi connectivity index (χ0n) is 15.4. The molecule has 0 aliphatic carbocycles. The van der Waals surface area contributed by atoms with Gasteiger partial charge in [0.15, 0.2) is 0 Å². The van der Waals surface area contributed by atoms with Crippen LogP contribution in [-0.4, -0.2) is 31.7 Å². The fraction of sp³-hybridized carbons (Fsp3) is 0.316. The molecule has 0 aromatic heterocycles. The number of ketones is 1. The summed E-state index contributed by atoms with van der Waals surface area (Å²) >= 11 is 0. The second-order valence-corrected chi connectivity index (χ2v) is 8.27. The van der Waals surface area contributed by atoms with E-state index >= 15 is 0 Å². The number of rotatable bonds is 8. The van der Waals surface area contributed by atoms with Gasteiger partial charge in [0.25, 0.3) is 0 Å². The summed E-state index contributed by atoms with van der Waals surface area (Å²) in [6.45, 7) is 4.36. The molecule has 7 nitrogen and oxygen atoms in total. The Morgan fingerprint density at radius 1 is 1.04 bits per heavy atom. The van der Waals surface area contributed by atoms with Crippen molar-refractivity contribution in [2.24, 2.45) is 0 Å². The largest absolute Gasteiger partial charge is 0.298 e. The van der Waals surface area contributed by atoms with Crippen LogP contribution in [0.25, 0.3) is 0 Å². The molecular formula is C19H22N2O5S. The molecule has 0 spiro atoms. The normalized spacial score (nSPS) is 13.7. The van der Waals surface area contributed by atoms with Crippen molar-refractivity contribution >= 4 is 15.8 Å². The summed E-state index contributed by atoms with van der Waals surface area (Å²) in [7, 11) is -4.01. The lowest BCUT2D eigenvalue weighted by molar-refractivity contribution is -0.483. The number of hydrogen-bond acceptors (Lipinski definition) is 5. The number of carbonyl (C=O) groups is 1. The Morgan fingerprint density at radius 3 is 1.96 bits per heavy atom. The monoisotopic (exact) mass is 390 g/mol. The summed E-state index contributed by atoms with van der Waals surface area (Å²) in [5.74, 6) is -1.41. The van der Waals surface area contributed by atoms with Gasteiger partial charge in [-0.1, -0.05) is 47.5 Å². The van der Waals surface area contributed by atoms with Crippen LogP contribution >= 0.6 is 0 Å². The molecule has 2 rings (SSSR count). The minimum atomic E-state index is -4.01. The molecule has 1 N–H and O–H groups in total. The van der Waals surface area contributed by atoms with Gasteiger partial charge < -0.3 is 0 Å². The minimum Gasteiger partial charge on any atom is -0.298 e. The number of nitrogens with zero attached hydrogens (tertiary/aromatic N) is 1. The van der Waals surface area contributed by atoms with Crippen LogP contribution in [0.2, 0.25) is 0 Å². The van der Waals surface area contributed by atoms with Crippen LogP contribution in [0.15, 0.2) is 53.4 Å². The number of sulfonamides is 1. The summed E-state index contributed by atoms with van der Waals surface area (Å²) < 4.78 is 27.8. The predicted octanol–water partition coefficient (Wildman–Crippen LogP) is 2.60. The van der Waals surface area contributed by atoms with Crippen LogP contribution in [0.5, 0.6) is 0 Å². The van der Waals surface area contributed by atoms with Crippen LogP contribution in [0.4, 0.5) is 0 Å². The van der Waals surface area contributed by atoms with Gasteiger partial charge in [-0.3, -0.25) is 14.9 Å². The Balaban J connectivity index is 2.42. The maximum atomic E-state index is 12.7. The maximum absolute atomic E-state index is 12.7. The van der Waals surface area contributed by atoms with Crippen LogP contribution in [0, 0.1) is 24.0 Å². The molecule has 0 bridgehead atoms. The number of carbonyl (C=O) groups excluding carboxylic acids is 1. The first-order valence-electron chi connectivity index (χ1n) is 8.38. The van der Waals surface area contributed by atoms with Crippen molar-refractivity contribution in [3.63, 3.8) is 0 Å². The molecule has 0 unspecified atom stereocenters. The van der Waals surface area contributed by atoms with Gasteiger partial charge in [0, 0.05) is 4.92 Å². The molecule has 0 aliphatic rings. The van der Waals surface area contributed by atoms with Gasteiger partial charge in [-0.2, -0.15) is 4.72 Å². The van der Waals surface area contributed by atoms with E-state index in [1.165, 1.54) is 19.1 Å². The van der Waals surface area contributed by atoms with Gasteiger partial charge >= 0.3 is 0 Å². The number of nitrogens with one attached hydrogen (secondary N) is 1. The van der Waals surface area contributed by atoms with Crippen LogP contribution in [0.1, 0.15) is 29.5 Å². The molecule has 0 heterocycles. The highest BCUT2D eigenvalue weighted by Crippen LogP contribution is 2.23. The van der Waals surface area contributed by atoms with Gasteiger partial charge in [0.2, 0.25) is 16.6 Å². The topological polar surface area (TPSA) is 106 Å². The van der Waals surface area contributed by atoms with E-state index < -0.39 is 39.2 Å². The Kier molecular flexibility index (Phi) is 6.45. The van der Waals surface area contributed by atoms with Crippen molar-refractivity contribution in [2.75, 3.05) is 6.54 Å². The average Bonchev–Trinajstić information content (AvgIpc) is 2.59. The van der Waals surface area contributed by atoms with Crippen LogP contribution in [-0.2, 0) is 14.8 Å². The summed E-state index contributed by atoms with van der Waals surface area (Å²) in [4.78, 5) is 22.8. The molecule has 2 aromatic carbocycles. The van der Waals surface area contributed by atoms with Gasteiger partial charge in [-0.25, -0.2) is 8.42 Å². The van der Waals surface area contributed by atoms with E-state index in [4.69, 9.17) is 0 Å². The first kappa shape index (κ1) is 20.7. The number of aryl methyl sites for hydroxylation is 2. The Labute approximate surface area is 158 Å². The predicted molar refractivity (Wildman–Crippen MR) is 102 cm³/mol. The first-order valence-corrected chi connectivity index (χ1v) is 9.86. The zero-order valence-corrected chi connectivity index (χ0v) is 16.2. The number of nitro groups is 1. The average molecular weight is 390 g/mol. The molecule has 0 radical (unpaired) electrons. The van der Waals surface area contributed by atoms with E-state index in [9.17, 15) is 23.3 Å². The highest BCUT2D eigenvalue weighted by atomic mass is 32.2. The molecular weight excluding hydrogens is 368 g/mol. The second kappa shape index (κ2) is 8.41. The van der Waals surface area contributed by atoms with Crippen molar-refractivity contribution in [2.45, 2.75) is 37.6 Å². The summed E-state index contributed by atoms with van der Waals surface area (Å²) in [5.41, 5.74) is 2.38. The van der Waals surface area contributed by atoms with E-state index in [1.807, 2.05) is 13.8 Å². The van der Waals surface area contributed by atoms with Crippen molar-refractivity contribution in [3.05, 3.63) is 75.3 Å². The molecule has 0 aliphatic heterocycles. The van der Waals surface area contributed by atoms with Gasteiger partial charge in [0.1, 0.15) is 5.78 Å². The van der Waals surface area contributed by atoms with E-state index in [-0.39, 0.29) is 4.90 Å². The smallest absolute Gasteiger partial charge is 0.241 e. The quantitative estimate of drug-likeness (QED) is 0.551. The van der Waals surface area contributed by atoms with Crippen molar-refractivity contribution in [1.82, 2.24) is 4.72 Å². The minimum absolute atomic E-state index is 0.00288. The van der Waals surface area contributed by atoms with Crippen molar-refractivity contribution in [1.29, 1.82) is 0 Å². The summed E-state index contributed by atoms with van der Waals surface area (Å²) in [6.07, 6.45) is 0. The van der Waals surface area contributed by atoms with E-state index in [0.717, 1.165) is 11.1 Å². The van der Waals surface area contributed by atoms with Gasteiger partial charge in [0.05, 0.1) is 16.9 Å². The molecule has 2 aromatic rings. The van der Waals surface area contributed by atoms with E-state index in [2.05, 4.69) is 4.72 Å². The standard InChI is InChI=1S/C19H22N2O5S/c1-13-4-8-16(9-5-13)18(12-21(23)24)19(15(3)22)20-27(25,26)17-10-6-14(2)7-11-17/h4-11,18-20H,12H2,1-3H3/t18-,19+/m0/s1. The molecule has 144 valence electrons. The molecule has 0 fully saturated rings. The Hall–Kier alpha value is -2.58. The highest BCUT2D eigenvalue weighted by molar-refractivity contribution is 7.89. The third-order valence-electron chi connectivity index (χ3n) is 4.31. The molecule has 27 heavy (non-hydrogen) atoms. The lowest BCUT2D eigenvalue weighted by Gasteiger charge is -2.24. The number of benzene rings is 2. The fourth-order valence-electron chi connectivity index (χ4n) is 2.78. The molecule has 2 atom stereocenters. The van der Waals surface area contributed by atoms with E-state index in [1.54, 1.807) is 36.4 Å². The zero-order chi connectivity index (χ0) is 20.2. The number of Topliss-reactive ketones (excluding diaryl/α,β-unsaturated/α-hetero) is 1. The Morgan fingerprint density at radius 2 is 1.52 bits per heavy atom. The molecule has 8 heteroatoms. The van der Waals surface area contributed by atoms with Crippen molar-refractivity contribution < 1.29 is 18.1 Å². The third kappa shape index (κ3) is 5.45. The lowest BCUT2D eigenvalue weighted by atomic mass is 9.89. The maximum Gasteiger partial charge on any atom is 0.241 e.